The van der Waals surface area contributed by atoms with Crippen LogP contribution in [-0.4, -0.2) is 58.7 Å². The second-order valence-electron chi connectivity index (χ2n) is 8.78. The standard InChI is InChI=1S/C24H26F2N2O6/c1-23(2)12-21(30)27(22(23)31)13-18(28(32)15-29)14-33-19-8-4-16(5-9-19)17-6-10-20(11-7-17)34-24(3,25)26/h4-11,15,18,32H,12-14H2,1-3H3/t18-/m0/s1. The van der Waals surface area contributed by atoms with Gasteiger partial charge in [0.1, 0.15) is 24.1 Å². The van der Waals surface area contributed by atoms with Crippen LogP contribution in [0.4, 0.5) is 8.78 Å². The second-order valence-corrected chi connectivity index (χ2v) is 8.78. The van der Waals surface area contributed by atoms with Gasteiger partial charge < -0.3 is 9.47 Å². The van der Waals surface area contributed by atoms with Gasteiger partial charge in [-0.05, 0) is 35.4 Å². The van der Waals surface area contributed by atoms with Crippen LogP contribution >= 0.6 is 0 Å². The van der Waals surface area contributed by atoms with E-state index >= 15 is 0 Å². The summed E-state index contributed by atoms with van der Waals surface area (Å²) in [6, 6.07) is 12.0. The number of carbonyl (C=O) groups is 3. The van der Waals surface area contributed by atoms with Crippen LogP contribution in [0.1, 0.15) is 27.2 Å². The largest absolute Gasteiger partial charge is 0.491 e. The van der Waals surface area contributed by atoms with E-state index in [1.807, 2.05) is 0 Å². The summed E-state index contributed by atoms with van der Waals surface area (Å²) in [5.74, 6) is -0.268. The minimum Gasteiger partial charge on any atom is -0.491 e. The van der Waals surface area contributed by atoms with E-state index in [0.717, 1.165) is 16.0 Å². The fourth-order valence-electron chi connectivity index (χ4n) is 3.58. The van der Waals surface area contributed by atoms with Gasteiger partial charge in [-0.15, -0.1) is 0 Å². The summed E-state index contributed by atoms with van der Waals surface area (Å²) in [5, 5.41) is 10.3. The van der Waals surface area contributed by atoms with E-state index in [2.05, 4.69) is 4.74 Å². The highest BCUT2D eigenvalue weighted by Crippen LogP contribution is 2.32. The van der Waals surface area contributed by atoms with Gasteiger partial charge in [-0.25, -0.2) is 5.06 Å². The van der Waals surface area contributed by atoms with Gasteiger partial charge in [0.25, 0.3) is 0 Å². The van der Waals surface area contributed by atoms with E-state index in [0.29, 0.717) is 17.7 Å². The number of alkyl halides is 2. The Kier molecular flexibility index (Phi) is 7.21. The molecule has 0 spiro atoms. The molecule has 1 atom stereocenters. The molecule has 0 saturated carbocycles. The number of rotatable bonds is 10. The maximum atomic E-state index is 13.0. The Morgan fingerprint density at radius 3 is 2.06 bits per heavy atom. The number of halogens is 2. The van der Waals surface area contributed by atoms with Crippen molar-refractivity contribution in [2.24, 2.45) is 5.41 Å². The van der Waals surface area contributed by atoms with Crippen LogP contribution in [0.15, 0.2) is 48.5 Å². The zero-order valence-electron chi connectivity index (χ0n) is 19.0. The molecule has 3 rings (SSSR count). The molecule has 1 N–H and O–H groups in total. The molecule has 0 radical (unpaired) electrons. The summed E-state index contributed by atoms with van der Waals surface area (Å²) in [4.78, 5) is 36.8. The molecule has 0 aromatic heterocycles. The maximum Gasteiger partial charge on any atom is 0.394 e. The Labute approximate surface area is 195 Å². The first-order valence-corrected chi connectivity index (χ1v) is 10.6. The van der Waals surface area contributed by atoms with E-state index in [4.69, 9.17) is 4.74 Å². The predicted octanol–water partition coefficient (Wildman–Crippen LogP) is 3.73. The molecule has 1 fully saturated rings. The molecule has 10 heteroatoms. The van der Waals surface area contributed by atoms with E-state index in [-0.39, 0.29) is 43.5 Å². The second kappa shape index (κ2) is 9.76. The first-order chi connectivity index (χ1) is 15.9. The van der Waals surface area contributed by atoms with E-state index < -0.39 is 17.6 Å². The van der Waals surface area contributed by atoms with Gasteiger partial charge in [0.15, 0.2) is 0 Å². The number of carbonyl (C=O) groups excluding carboxylic acids is 3. The Bertz CT molecular complexity index is 1030. The molecular formula is C24H26F2N2O6. The number of ether oxygens (including phenoxy) is 2. The zero-order chi connectivity index (χ0) is 25.1. The molecule has 0 aliphatic carbocycles. The monoisotopic (exact) mass is 476 g/mol. The van der Waals surface area contributed by atoms with Gasteiger partial charge in [0.05, 0.1) is 12.0 Å². The van der Waals surface area contributed by atoms with Crippen molar-refractivity contribution in [1.82, 2.24) is 9.96 Å². The van der Waals surface area contributed by atoms with Gasteiger partial charge in [0.2, 0.25) is 18.2 Å². The highest BCUT2D eigenvalue weighted by Gasteiger charge is 2.45. The first kappa shape index (κ1) is 25.1. The number of likely N-dealkylation sites (tertiary alicyclic amines) is 1. The molecule has 3 amide bonds. The lowest BCUT2D eigenvalue weighted by atomic mass is 9.92. The molecule has 2 aromatic rings. The minimum absolute atomic E-state index is 0.0457. The number of hydrogen-bond acceptors (Lipinski definition) is 6. The number of imide groups is 1. The van der Waals surface area contributed by atoms with Gasteiger partial charge in [-0.1, -0.05) is 38.1 Å². The van der Waals surface area contributed by atoms with Crippen molar-refractivity contribution >= 4 is 18.2 Å². The maximum absolute atomic E-state index is 13.0. The molecule has 182 valence electrons. The molecule has 1 heterocycles. The van der Waals surface area contributed by atoms with Crippen molar-refractivity contribution < 1.29 is 37.8 Å². The normalized spacial score (nSPS) is 16.4. The summed E-state index contributed by atoms with van der Waals surface area (Å²) in [6.45, 7) is 3.63. The summed E-state index contributed by atoms with van der Waals surface area (Å²) < 4.78 is 36.1. The number of hydrogen-bond donors (Lipinski definition) is 1. The van der Waals surface area contributed by atoms with Gasteiger partial charge in [-0.3, -0.25) is 24.5 Å². The Morgan fingerprint density at radius 2 is 1.62 bits per heavy atom. The quantitative estimate of drug-likeness (QED) is 0.243. The third-order valence-electron chi connectivity index (χ3n) is 5.38. The number of benzene rings is 2. The van der Waals surface area contributed by atoms with Crippen LogP contribution < -0.4 is 9.47 Å². The fourth-order valence-corrected chi connectivity index (χ4v) is 3.58. The third kappa shape index (κ3) is 6.07. The molecular weight excluding hydrogens is 450 g/mol. The van der Waals surface area contributed by atoms with Gasteiger partial charge in [0, 0.05) is 13.3 Å². The van der Waals surface area contributed by atoms with Crippen molar-refractivity contribution in [2.75, 3.05) is 13.2 Å². The lowest BCUT2D eigenvalue weighted by molar-refractivity contribution is -0.167. The Balaban J connectivity index is 1.64. The van der Waals surface area contributed by atoms with Crippen molar-refractivity contribution in [1.29, 1.82) is 0 Å². The van der Waals surface area contributed by atoms with E-state index in [1.165, 1.54) is 12.1 Å². The van der Waals surface area contributed by atoms with Crippen LogP contribution in [0.3, 0.4) is 0 Å². The Hall–Kier alpha value is -3.53. The van der Waals surface area contributed by atoms with Gasteiger partial charge >= 0.3 is 6.11 Å². The molecule has 0 unspecified atom stereocenters. The molecule has 8 nitrogen and oxygen atoms in total. The van der Waals surface area contributed by atoms with Gasteiger partial charge in [-0.2, -0.15) is 8.78 Å². The molecule has 1 aliphatic rings. The Morgan fingerprint density at radius 1 is 1.09 bits per heavy atom. The SMILES string of the molecule is CC(F)(F)Oc1ccc(-c2ccc(OC[C@H](CN3C(=O)CC(C)(C)C3=O)N(O)C=O)cc2)cc1. The summed E-state index contributed by atoms with van der Waals surface area (Å²) in [7, 11) is 0. The van der Waals surface area contributed by atoms with Crippen LogP contribution in [0.25, 0.3) is 11.1 Å². The van der Waals surface area contributed by atoms with E-state index in [9.17, 15) is 28.4 Å². The number of nitrogens with zero attached hydrogens (tertiary/aromatic N) is 2. The van der Waals surface area contributed by atoms with Crippen molar-refractivity contribution in [3.63, 3.8) is 0 Å². The van der Waals surface area contributed by atoms with E-state index in [1.54, 1.807) is 50.2 Å². The summed E-state index contributed by atoms with van der Waals surface area (Å²) in [5.41, 5.74) is 0.736. The van der Waals surface area contributed by atoms with Crippen LogP contribution in [0.5, 0.6) is 11.5 Å². The lowest BCUT2D eigenvalue weighted by Gasteiger charge is -2.27. The van der Waals surface area contributed by atoms with Crippen molar-refractivity contribution in [3.05, 3.63) is 48.5 Å². The average molecular weight is 476 g/mol. The molecule has 1 saturated heterocycles. The smallest absolute Gasteiger partial charge is 0.394 e. The van der Waals surface area contributed by atoms with Crippen LogP contribution in [0, 0.1) is 5.41 Å². The summed E-state index contributed by atoms with van der Waals surface area (Å²) in [6.07, 6.45) is -3.02. The highest BCUT2D eigenvalue weighted by atomic mass is 19.3. The average Bonchev–Trinajstić information content (AvgIpc) is 2.97. The van der Waals surface area contributed by atoms with Crippen molar-refractivity contribution in [2.45, 2.75) is 39.3 Å². The number of hydroxylamine groups is 2. The van der Waals surface area contributed by atoms with Crippen LogP contribution in [-0.2, 0) is 14.4 Å². The molecule has 34 heavy (non-hydrogen) atoms. The topological polar surface area (TPSA) is 96.4 Å². The zero-order valence-corrected chi connectivity index (χ0v) is 19.0. The third-order valence-corrected chi connectivity index (χ3v) is 5.38. The highest BCUT2D eigenvalue weighted by molar-refractivity contribution is 6.05. The predicted molar refractivity (Wildman–Crippen MR) is 117 cm³/mol. The summed E-state index contributed by atoms with van der Waals surface area (Å²) >= 11 is 0. The van der Waals surface area contributed by atoms with Crippen LogP contribution in [0.2, 0.25) is 0 Å². The fraction of sp³-hybridized carbons (Fsp3) is 0.375. The molecule has 1 aliphatic heterocycles. The lowest BCUT2D eigenvalue weighted by Crippen LogP contribution is -2.47. The minimum atomic E-state index is -3.27. The first-order valence-electron chi connectivity index (χ1n) is 10.6. The van der Waals surface area contributed by atoms with Crippen molar-refractivity contribution in [3.8, 4) is 22.6 Å². The number of amides is 3. The molecule has 0 bridgehead atoms. The molecule has 2 aromatic carbocycles.